The first kappa shape index (κ1) is 14.1. The molecule has 1 unspecified atom stereocenters. The second-order valence-electron chi connectivity index (χ2n) is 4.58. The van der Waals surface area contributed by atoms with E-state index in [1.54, 1.807) is 18.2 Å². The van der Waals surface area contributed by atoms with Crippen molar-refractivity contribution >= 4 is 44.4 Å². The minimum Gasteiger partial charge on any atom is -0.507 e. The Labute approximate surface area is 129 Å². The van der Waals surface area contributed by atoms with Crippen LogP contribution in [0.2, 0.25) is 0 Å². The molecule has 1 saturated heterocycles. The maximum Gasteiger partial charge on any atom is 0.253 e. The first-order valence-electron chi connectivity index (χ1n) is 5.95. The number of phenolic OH excluding ortho intramolecular Hbond substituents is 1. The molecule has 0 aliphatic carbocycles. The summed E-state index contributed by atoms with van der Waals surface area (Å²) in [7, 11) is 0. The molecule has 3 nitrogen and oxygen atoms in total. The minimum absolute atomic E-state index is 0.0207. The lowest BCUT2D eigenvalue weighted by Gasteiger charge is -2.32. The standard InChI is InChI=1S/C13H15BrINO2/c14-7-9-2-1-5-16(8-9)13(18)10-3-4-11(15)12(17)6-10/h3-4,6,9,17H,1-2,5,7-8H2. The van der Waals surface area contributed by atoms with E-state index in [1.807, 2.05) is 27.5 Å². The van der Waals surface area contributed by atoms with Crippen molar-refractivity contribution in [2.75, 3.05) is 18.4 Å². The summed E-state index contributed by atoms with van der Waals surface area (Å²) < 4.78 is 0.765. The predicted octanol–water partition coefficient (Wildman–Crippen LogP) is 3.24. The molecule has 1 amide bonds. The third-order valence-electron chi connectivity index (χ3n) is 3.22. The molecule has 1 aliphatic rings. The Morgan fingerprint density at radius 3 is 3.00 bits per heavy atom. The van der Waals surface area contributed by atoms with Crippen molar-refractivity contribution in [1.82, 2.24) is 4.90 Å². The fraction of sp³-hybridized carbons (Fsp3) is 0.462. The molecule has 18 heavy (non-hydrogen) atoms. The fourth-order valence-corrected chi connectivity index (χ4v) is 3.07. The van der Waals surface area contributed by atoms with Gasteiger partial charge < -0.3 is 10.0 Å². The molecule has 1 N–H and O–H groups in total. The Bertz CT molecular complexity index is 453. The molecule has 0 aromatic heterocycles. The highest BCUT2D eigenvalue weighted by Crippen LogP contribution is 2.24. The summed E-state index contributed by atoms with van der Waals surface area (Å²) in [6.45, 7) is 1.62. The Morgan fingerprint density at radius 1 is 1.56 bits per heavy atom. The number of amides is 1. The third-order valence-corrected chi connectivity index (χ3v) is 5.05. The third kappa shape index (κ3) is 3.17. The van der Waals surface area contributed by atoms with Gasteiger partial charge in [-0.05, 0) is 59.5 Å². The number of hydrogen-bond donors (Lipinski definition) is 1. The fourth-order valence-electron chi connectivity index (χ4n) is 2.20. The molecule has 0 saturated carbocycles. The number of halogens is 2. The van der Waals surface area contributed by atoms with Crippen LogP contribution in [0.1, 0.15) is 23.2 Å². The van der Waals surface area contributed by atoms with Gasteiger partial charge in [-0.3, -0.25) is 4.79 Å². The van der Waals surface area contributed by atoms with Gasteiger partial charge in [0.25, 0.3) is 5.91 Å². The minimum atomic E-state index is 0.0207. The average Bonchev–Trinajstić information content (AvgIpc) is 2.41. The maximum absolute atomic E-state index is 12.3. The van der Waals surface area contributed by atoms with E-state index in [2.05, 4.69) is 15.9 Å². The van der Waals surface area contributed by atoms with Gasteiger partial charge in [-0.25, -0.2) is 0 Å². The number of benzene rings is 1. The summed E-state index contributed by atoms with van der Waals surface area (Å²) in [5, 5.41) is 10.6. The molecule has 0 radical (unpaired) electrons. The number of phenols is 1. The largest absolute Gasteiger partial charge is 0.507 e. The molecule has 0 spiro atoms. The van der Waals surface area contributed by atoms with Gasteiger partial charge in [-0.1, -0.05) is 15.9 Å². The molecule has 1 aromatic carbocycles. The van der Waals surface area contributed by atoms with Crippen LogP contribution >= 0.6 is 38.5 Å². The molecular formula is C13H15BrINO2. The van der Waals surface area contributed by atoms with Crippen LogP contribution in [0.4, 0.5) is 0 Å². The number of alkyl halides is 1. The number of aromatic hydroxyl groups is 1. The molecule has 1 heterocycles. The number of hydrogen-bond acceptors (Lipinski definition) is 2. The SMILES string of the molecule is O=C(c1ccc(I)c(O)c1)N1CCCC(CBr)C1. The molecule has 2 rings (SSSR count). The highest BCUT2D eigenvalue weighted by molar-refractivity contribution is 14.1. The summed E-state index contributed by atoms with van der Waals surface area (Å²) in [5.41, 5.74) is 0.572. The van der Waals surface area contributed by atoms with E-state index in [0.717, 1.165) is 28.4 Å². The number of carbonyl (C=O) groups is 1. The highest BCUT2D eigenvalue weighted by Gasteiger charge is 2.24. The zero-order chi connectivity index (χ0) is 13.1. The average molecular weight is 424 g/mol. The second-order valence-corrected chi connectivity index (χ2v) is 6.39. The van der Waals surface area contributed by atoms with E-state index in [9.17, 15) is 9.90 Å². The molecule has 98 valence electrons. The molecule has 1 fully saturated rings. The number of carbonyl (C=O) groups excluding carboxylic acids is 1. The summed E-state index contributed by atoms with van der Waals surface area (Å²) in [6.07, 6.45) is 2.23. The van der Waals surface area contributed by atoms with Gasteiger partial charge in [0, 0.05) is 24.0 Å². The van der Waals surface area contributed by atoms with Gasteiger partial charge in [-0.15, -0.1) is 0 Å². The lowest BCUT2D eigenvalue weighted by atomic mass is 9.99. The van der Waals surface area contributed by atoms with Crippen molar-refractivity contribution in [2.45, 2.75) is 12.8 Å². The summed E-state index contributed by atoms with van der Waals surface area (Å²) in [5.74, 6) is 0.739. The molecule has 5 heteroatoms. The van der Waals surface area contributed by atoms with Crippen LogP contribution < -0.4 is 0 Å². The Balaban J connectivity index is 2.12. The molecule has 1 atom stereocenters. The summed E-state index contributed by atoms with van der Waals surface area (Å²) in [6, 6.07) is 5.11. The number of piperidine rings is 1. The van der Waals surface area contributed by atoms with Gasteiger partial charge >= 0.3 is 0 Å². The normalized spacial score (nSPS) is 19.9. The zero-order valence-electron chi connectivity index (χ0n) is 9.90. The Hall–Kier alpha value is -0.300. The van der Waals surface area contributed by atoms with Gasteiger partial charge in [0.15, 0.2) is 0 Å². The first-order chi connectivity index (χ1) is 8.61. The van der Waals surface area contributed by atoms with Gasteiger partial charge in [0.1, 0.15) is 5.75 Å². The summed E-state index contributed by atoms with van der Waals surface area (Å²) in [4.78, 5) is 14.2. The van der Waals surface area contributed by atoms with Crippen molar-refractivity contribution in [3.63, 3.8) is 0 Å². The van der Waals surface area contributed by atoms with Crippen molar-refractivity contribution in [1.29, 1.82) is 0 Å². The monoisotopic (exact) mass is 423 g/mol. The molecule has 1 aliphatic heterocycles. The van der Waals surface area contributed by atoms with E-state index in [4.69, 9.17) is 0 Å². The maximum atomic E-state index is 12.3. The topological polar surface area (TPSA) is 40.5 Å². The Kier molecular flexibility index (Phi) is 4.89. The van der Waals surface area contributed by atoms with Gasteiger partial charge in [0.2, 0.25) is 0 Å². The number of likely N-dealkylation sites (tertiary alicyclic amines) is 1. The van der Waals surface area contributed by atoms with Gasteiger partial charge in [-0.2, -0.15) is 0 Å². The van der Waals surface area contributed by atoms with E-state index in [0.29, 0.717) is 11.5 Å². The predicted molar refractivity (Wildman–Crippen MR) is 83.2 cm³/mol. The molecular weight excluding hydrogens is 409 g/mol. The molecule has 0 bridgehead atoms. The van der Waals surface area contributed by atoms with Crippen molar-refractivity contribution in [2.24, 2.45) is 5.92 Å². The van der Waals surface area contributed by atoms with E-state index < -0.39 is 0 Å². The van der Waals surface area contributed by atoms with Crippen LogP contribution in [0.3, 0.4) is 0 Å². The molecule has 1 aromatic rings. The van der Waals surface area contributed by atoms with Gasteiger partial charge in [0.05, 0.1) is 3.57 Å². The highest BCUT2D eigenvalue weighted by atomic mass is 127. The van der Waals surface area contributed by atoms with E-state index >= 15 is 0 Å². The Morgan fingerprint density at radius 2 is 2.33 bits per heavy atom. The summed E-state index contributed by atoms with van der Waals surface area (Å²) >= 11 is 5.53. The van der Waals surface area contributed by atoms with Crippen LogP contribution in [0.15, 0.2) is 18.2 Å². The van der Waals surface area contributed by atoms with Crippen LogP contribution in [0, 0.1) is 9.49 Å². The van der Waals surface area contributed by atoms with Crippen molar-refractivity contribution in [3.05, 3.63) is 27.3 Å². The van der Waals surface area contributed by atoms with Crippen LogP contribution in [-0.4, -0.2) is 34.3 Å². The first-order valence-corrected chi connectivity index (χ1v) is 8.15. The van der Waals surface area contributed by atoms with E-state index in [-0.39, 0.29) is 11.7 Å². The quantitative estimate of drug-likeness (QED) is 0.586. The lowest BCUT2D eigenvalue weighted by Crippen LogP contribution is -2.40. The van der Waals surface area contributed by atoms with Crippen LogP contribution in [-0.2, 0) is 0 Å². The van der Waals surface area contributed by atoms with Crippen LogP contribution in [0.25, 0.3) is 0 Å². The smallest absolute Gasteiger partial charge is 0.253 e. The second kappa shape index (κ2) is 6.23. The zero-order valence-corrected chi connectivity index (χ0v) is 13.6. The van der Waals surface area contributed by atoms with Crippen molar-refractivity contribution in [3.8, 4) is 5.75 Å². The van der Waals surface area contributed by atoms with Crippen molar-refractivity contribution < 1.29 is 9.90 Å². The number of nitrogens with zero attached hydrogens (tertiary/aromatic N) is 1. The lowest BCUT2D eigenvalue weighted by molar-refractivity contribution is 0.0685. The van der Waals surface area contributed by atoms with Crippen LogP contribution in [0.5, 0.6) is 5.75 Å². The number of rotatable bonds is 2. The van der Waals surface area contributed by atoms with E-state index in [1.165, 1.54) is 6.42 Å².